The summed E-state index contributed by atoms with van der Waals surface area (Å²) in [6.07, 6.45) is 12.2. The van der Waals surface area contributed by atoms with E-state index in [2.05, 4.69) is 12.2 Å². The van der Waals surface area contributed by atoms with Gasteiger partial charge in [-0.15, -0.1) is 0 Å². The molecule has 1 rings (SSSR count). The van der Waals surface area contributed by atoms with Crippen molar-refractivity contribution >= 4 is 0 Å². The minimum Gasteiger partial charge on any atom is -0.330 e. The first-order valence-corrected chi connectivity index (χ1v) is 7.18. The summed E-state index contributed by atoms with van der Waals surface area (Å²) in [5.41, 5.74) is 6.35. The first-order valence-electron chi connectivity index (χ1n) is 7.18. The molecule has 1 atom stereocenters. The molecule has 1 fully saturated rings. The largest absolute Gasteiger partial charge is 0.330 e. The lowest BCUT2D eigenvalue weighted by molar-refractivity contribution is 0.262. The van der Waals surface area contributed by atoms with Gasteiger partial charge >= 0.3 is 0 Å². The fourth-order valence-electron chi connectivity index (χ4n) is 2.59. The van der Waals surface area contributed by atoms with Crippen LogP contribution in [0.1, 0.15) is 64.7 Å². The van der Waals surface area contributed by atoms with Gasteiger partial charge in [-0.3, -0.25) is 0 Å². The zero-order valence-corrected chi connectivity index (χ0v) is 11.1. The predicted molar refractivity (Wildman–Crippen MR) is 71.6 cm³/mol. The van der Waals surface area contributed by atoms with Crippen molar-refractivity contribution in [3.05, 3.63) is 0 Å². The number of rotatable bonds is 1. The van der Waals surface area contributed by atoms with E-state index in [4.69, 9.17) is 5.73 Å². The molecule has 0 aromatic heterocycles. The topological polar surface area (TPSA) is 38.0 Å². The van der Waals surface area contributed by atoms with Crippen molar-refractivity contribution in [2.75, 3.05) is 19.6 Å². The van der Waals surface area contributed by atoms with Crippen molar-refractivity contribution in [3.63, 3.8) is 0 Å². The van der Waals surface area contributed by atoms with Crippen molar-refractivity contribution < 1.29 is 0 Å². The van der Waals surface area contributed by atoms with E-state index >= 15 is 0 Å². The van der Waals surface area contributed by atoms with Gasteiger partial charge in [0.1, 0.15) is 0 Å². The second kappa shape index (κ2) is 8.08. The molecule has 0 saturated carbocycles. The zero-order chi connectivity index (χ0) is 11.7. The average molecular weight is 226 g/mol. The van der Waals surface area contributed by atoms with Gasteiger partial charge in [-0.1, -0.05) is 39.0 Å². The maximum atomic E-state index is 5.94. The normalized spacial score (nSPS) is 31.1. The molecule has 2 heteroatoms. The third kappa shape index (κ3) is 5.86. The maximum Gasteiger partial charge on any atom is -0.00232 e. The van der Waals surface area contributed by atoms with Crippen LogP contribution in [0.15, 0.2) is 0 Å². The Morgan fingerprint density at radius 3 is 1.94 bits per heavy atom. The van der Waals surface area contributed by atoms with Gasteiger partial charge in [0.15, 0.2) is 0 Å². The Bertz CT molecular complexity index is 154. The molecule has 1 aliphatic heterocycles. The van der Waals surface area contributed by atoms with Crippen molar-refractivity contribution in [2.45, 2.75) is 64.7 Å². The molecule has 1 saturated heterocycles. The van der Waals surface area contributed by atoms with Gasteiger partial charge in [0.25, 0.3) is 0 Å². The van der Waals surface area contributed by atoms with E-state index in [1.165, 1.54) is 70.9 Å². The Morgan fingerprint density at radius 2 is 1.38 bits per heavy atom. The molecule has 16 heavy (non-hydrogen) atoms. The Hall–Kier alpha value is -0.0800. The second-order valence-corrected chi connectivity index (χ2v) is 5.74. The van der Waals surface area contributed by atoms with E-state index in [-0.39, 0.29) is 0 Å². The SMILES string of the molecule is CC1(CN)CCCCCCNCCCCC1. The molecule has 0 bridgehead atoms. The monoisotopic (exact) mass is 226 g/mol. The summed E-state index contributed by atoms with van der Waals surface area (Å²) in [7, 11) is 0. The summed E-state index contributed by atoms with van der Waals surface area (Å²) in [5.74, 6) is 0. The molecule has 0 spiro atoms. The summed E-state index contributed by atoms with van der Waals surface area (Å²) >= 11 is 0. The highest BCUT2D eigenvalue weighted by Gasteiger charge is 2.21. The van der Waals surface area contributed by atoms with Gasteiger partial charge in [-0.25, -0.2) is 0 Å². The number of hydrogen-bond donors (Lipinski definition) is 2. The van der Waals surface area contributed by atoms with Gasteiger partial charge in [-0.2, -0.15) is 0 Å². The molecule has 1 heterocycles. The fraction of sp³-hybridized carbons (Fsp3) is 1.00. The van der Waals surface area contributed by atoms with E-state index in [1.54, 1.807) is 0 Å². The van der Waals surface area contributed by atoms with Gasteiger partial charge in [0, 0.05) is 0 Å². The third-order valence-corrected chi connectivity index (χ3v) is 4.01. The van der Waals surface area contributed by atoms with Crippen LogP contribution in [0, 0.1) is 5.41 Å². The van der Waals surface area contributed by atoms with Gasteiger partial charge in [0.2, 0.25) is 0 Å². The zero-order valence-electron chi connectivity index (χ0n) is 11.1. The minimum atomic E-state index is 0.418. The highest BCUT2D eigenvalue weighted by molar-refractivity contribution is 4.75. The van der Waals surface area contributed by atoms with E-state index in [0.29, 0.717) is 5.41 Å². The first kappa shape index (κ1) is 14.0. The fourth-order valence-corrected chi connectivity index (χ4v) is 2.59. The molecule has 0 aromatic rings. The van der Waals surface area contributed by atoms with Crippen LogP contribution in [0.4, 0.5) is 0 Å². The smallest absolute Gasteiger partial charge is 0.00232 e. The molecular formula is C14H30N2. The van der Waals surface area contributed by atoms with Crippen molar-refractivity contribution in [1.29, 1.82) is 0 Å². The maximum absolute atomic E-state index is 5.94. The Balaban J connectivity index is 2.32. The van der Waals surface area contributed by atoms with Crippen LogP contribution in [0.25, 0.3) is 0 Å². The minimum absolute atomic E-state index is 0.418. The highest BCUT2D eigenvalue weighted by atomic mass is 14.8. The first-order chi connectivity index (χ1) is 7.77. The molecule has 96 valence electrons. The van der Waals surface area contributed by atoms with Crippen LogP contribution in [0.5, 0.6) is 0 Å². The van der Waals surface area contributed by atoms with Crippen molar-refractivity contribution in [2.24, 2.45) is 11.1 Å². The quantitative estimate of drug-likeness (QED) is 0.721. The van der Waals surface area contributed by atoms with Crippen LogP contribution in [-0.2, 0) is 0 Å². The summed E-state index contributed by atoms with van der Waals surface area (Å²) in [4.78, 5) is 0. The van der Waals surface area contributed by atoms with Crippen molar-refractivity contribution in [3.8, 4) is 0 Å². The van der Waals surface area contributed by atoms with Crippen LogP contribution in [0.3, 0.4) is 0 Å². The van der Waals surface area contributed by atoms with Crippen LogP contribution >= 0.6 is 0 Å². The summed E-state index contributed by atoms with van der Waals surface area (Å²) in [6.45, 7) is 5.67. The van der Waals surface area contributed by atoms with Crippen LogP contribution in [-0.4, -0.2) is 19.6 Å². The molecule has 0 aromatic carbocycles. The van der Waals surface area contributed by atoms with E-state index in [9.17, 15) is 0 Å². The third-order valence-electron chi connectivity index (χ3n) is 4.01. The summed E-state index contributed by atoms with van der Waals surface area (Å²) < 4.78 is 0. The lowest BCUT2D eigenvalue weighted by Crippen LogP contribution is -2.27. The summed E-state index contributed by atoms with van der Waals surface area (Å²) in [6, 6.07) is 0. The van der Waals surface area contributed by atoms with Crippen LogP contribution < -0.4 is 11.1 Å². The molecular weight excluding hydrogens is 196 g/mol. The number of hydrogen-bond acceptors (Lipinski definition) is 2. The second-order valence-electron chi connectivity index (χ2n) is 5.74. The highest BCUT2D eigenvalue weighted by Crippen LogP contribution is 2.29. The molecule has 0 amide bonds. The molecule has 3 N–H and O–H groups in total. The average Bonchev–Trinajstić information content (AvgIpc) is 2.31. The van der Waals surface area contributed by atoms with Gasteiger partial charge in [-0.05, 0) is 50.7 Å². The molecule has 0 aliphatic carbocycles. The van der Waals surface area contributed by atoms with E-state index in [1.807, 2.05) is 0 Å². The standard InChI is InChI=1S/C14H30N2/c1-14(13-15)9-5-2-3-7-11-16-12-8-4-6-10-14/h16H,2-13,15H2,1H3. The predicted octanol–water partition coefficient (Wildman–Crippen LogP) is 3.07. The molecule has 1 unspecified atom stereocenters. The molecule has 1 aliphatic rings. The molecule has 2 nitrogen and oxygen atoms in total. The Labute approximate surface area is 101 Å². The lowest BCUT2D eigenvalue weighted by atomic mass is 9.80. The summed E-state index contributed by atoms with van der Waals surface area (Å²) in [5, 5.41) is 3.53. The van der Waals surface area contributed by atoms with Crippen LogP contribution in [0.2, 0.25) is 0 Å². The van der Waals surface area contributed by atoms with Gasteiger partial charge < -0.3 is 11.1 Å². The van der Waals surface area contributed by atoms with Gasteiger partial charge in [0.05, 0.1) is 0 Å². The Morgan fingerprint density at radius 1 is 0.875 bits per heavy atom. The molecule has 0 radical (unpaired) electrons. The number of nitrogens with two attached hydrogens (primary N) is 1. The lowest BCUT2D eigenvalue weighted by Gasteiger charge is -2.28. The van der Waals surface area contributed by atoms with E-state index < -0.39 is 0 Å². The number of nitrogens with one attached hydrogen (secondary N) is 1. The van der Waals surface area contributed by atoms with E-state index in [0.717, 1.165) is 6.54 Å². The van der Waals surface area contributed by atoms with Crippen molar-refractivity contribution in [1.82, 2.24) is 5.32 Å². The Kier molecular flexibility index (Phi) is 7.06.